The number of rotatable bonds is 4. The number of hydrogen-bond donors (Lipinski definition) is 2. The van der Waals surface area contributed by atoms with Crippen LogP contribution in [0.25, 0.3) is 0 Å². The maximum absolute atomic E-state index is 13.9. The predicted octanol–water partition coefficient (Wildman–Crippen LogP) is 1.65. The summed E-state index contributed by atoms with van der Waals surface area (Å²) in [5.74, 6) is -0.147. The Morgan fingerprint density at radius 2 is 2.10 bits per heavy atom. The highest BCUT2D eigenvalue weighted by atomic mass is 19.1. The van der Waals surface area contributed by atoms with Crippen molar-refractivity contribution in [3.05, 3.63) is 29.6 Å². The van der Waals surface area contributed by atoms with E-state index in [1.165, 1.54) is 6.07 Å². The van der Waals surface area contributed by atoms with E-state index < -0.39 is 0 Å². The molecule has 5 heteroatoms. The number of carbonyl (C=O) groups is 1. The molecule has 4 nitrogen and oxygen atoms in total. The van der Waals surface area contributed by atoms with Gasteiger partial charge in [0, 0.05) is 43.9 Å². The lowest BCUT2D eigenvalue weighted by atomic mass is 10.0. The second-order valence-corrected chi connectivity index (χ2v) is 5.23. The maximum Gasteiger partial charge on any atom is 0.217 e. The van der Waals surface area contributed by atoms with Crippen LogP contribution in [-0.4, -0.2) is 32.1 Å². The Morgan fingerprint density at radius 1 is 1.40 bits per heavy atom. The summed E-state index contributed by atoms with van der Waals surface area (Å²) in [4.78, 5) is 13.3. The Labute approximate surface area is 119 Å². The molecule has 0 saturated carbocycles. The molecule has 0 atom stereocenters. The molecule has 2 rings (SSSR count). The van der Waals surface area contributed by atoms with Crippen LogP contribution in [0.15, 0.2) is 18.2 Å². The number of halogens is 1. The summed E-state index contributed by atoms with van der Waals surface area (Å²) in [5.41, 5.74) is 1.67. The van der Waals surface area contributed by atoms with Crippen LogP contribution in [0.1, 0.15) is 25.3 Å². The minimum absolute atomic E-state index is 0.0186. The number of anilines is 1. The van der Waals surface area contributed by atoms with Crippen LogP contribution in [0, 0.1) is 5.82 Å². The van der Waals surface area contributed by atoms with Gasteiger partial charge in [-0.1, -0.05) is 6.07 Å². The molecule has 1 aromatic carbocycles. The Balaban J connectivity index is 2.07. The van der Waals surface area contributed by atoms with Crippen molar-refractivity contribution in [3.8, 4) is 0 Å². The smallest absolute Gasteiger partial charge is 0.217 e. The molecule has 1 aliphatic rings. The Bertz CT molecular complexity index is 470. The molecule has 1 aliphatic heterocycles. The maximum atomic E-state index is 13.9. The molecular formula is C15H22FN3O. The summed E-state index contributed by atoms with van der Waals surface area (Å²) in [6.07, 6.45) is 1.80. The number of benzene rings is 1. The standard InChI is InChI=1S/C15H22FN3O/c1-11(20)18-12-6-8-19(9-7-12)15-5-3-4-14(16)13(15)10-17-2/h3-5,12,17H,6-10H2,1-2H3,(H,18,20). The topological polar surface area (TPSA) is 44.4 Å². The molecule has 1 aromatic rings. The average molecular weight is 279 g/mol. The van der Waals surface area contributed by atoms with Gasteiger partial charge in [-0.2, -0.15) is 0 Å². The van der Waals surface area contributed by atoms with Gasteiger partial charge >= 0.3 is 0 Å². The molecule has 20 heavy (non-hydrogen) atoms. The molecule has 0 spiro atoms. The predicted molar refractivity (Wildman–Crippen MR) is 78.2 cm³/mol. The molecule has 1 amide bonds. The zero-order valence-corrected chi connectivity index (χ0v) is 12.1. The molecule has 0 aromatic heterocycles. The van der Waals surface area contributed by atoms with Crippen LogP contribution in [-0.2, 0) is 11.3 Å². The highest BCUT2D eigenvalue weighted by molar-refractivity contribution is 5.73. The van der Waals surface area contributed by atoms with Crippen LogP contribution in [0.5, 0.6) is 0 Å². The van der Waals surface area contributed by atoms with Gasteiger partial charge in [-0.3, -0.25) is 4.79 Å². The number of nitrogens with one attached hydrogen (secondary N) is 2. The van der Waals surface area contributed by atoms with Crippen LogP contribution in [0.2, 0.25) is 0 Å². The van der Waals surface area contributed by atoms with Crippen LogP contribution in [0.3, 0.4) is 0 Å². The largest absolute Gasteiger partial charge is 0.371 e. The number of piperidine rings is 1. The second-order valence-electron chi connectivity index (χ2n) is 5.23. The summed E-state index contributed by atoms with van der Waals surface area (Å²) in [6, 6.07) is 5.46. The summed E-state index contributed by atoms with van der Waals surface area (Å²) < 4.78 is 13.9. The SMILES string of the molecule is CNCc1c(F)cccc1N1CCC(NC(C)=O)CC1. The van der Waals surface area contributed by atoms with Crippen molar-refractivity contribution in [1.29, 1.82) is 0 Å². The van der Waals surface area contributed by atoms with Crippen molar-refractivity contribution >= 4 is 11.6 Å². The average Bonchev–Trinajstić information content (AvgIpc) is 2.42. The number of hydrogen-bond acceptors (Lipinski definition) is 3. The van der Waals surface area contributed by atoms with E-state index in [4.69, 9.17) is 0 Å². The minimum atomic E-state index is -0.166. The molecule has 1 fully saturated rings. The first-order valence-electron chi connectivity index (χ1n) is 7.06. The van der Waals surface area contributed by atoms with E-state index >= 15 is 0 Å². The second kappa shape index (κ2) is 6.70. The molecule has 1 heterocycles. The summed E-state index contributed by atoms with van der Waals surface area (Å²) in [7, 11) is 1.82. The van der Waals surface area contributed by atoms with Gasteiger partial charge in [-0.15, -0.1) is 0 Å². The molecule has 0 unspecified atom stereocenters. The van der Waals surface area contributed by atoms with E-state index in [1.54, 1.807) is 13.0 Å². The van der Waals surface area contributed by atoms with Gasteiger partial charge in [0.05, 0.1) is 0 Å². The molecule has 0 bridgehead atoms. The van der Waals surface area contributed by atoms with Gasteiger partial charge in [0.25, 0.3) is 0 Å². The third kappa shape index (κ3) is 3.48. The molecule has 0 radical (unpaired) electrons. The first kappa shape index (κ1) is 14.8. The molecule has 2 N–H and O–H groups in total. The van der Waals surface area contributed by atoms with Crippen molar-refractivity contribution in [1.82, 2.24) is 10.6 Å². The highest BCUT2D eigenvalue weighted by Crippen LogP contribution is 2.26. The van der Waals surface area contributed by atoms with Crippen molar-refractivity contribution in [2.75, 3.05) is 25.0 Å². The Hall–Kier alpha value is -1.62. The molecule has 1 saturated heterocycles. The van der Waals surface area contributed by atoms with E-state index in [2.05, 4.69) is 15.5 Å². The van der Waals surface area contributed by atoms with Crippen LogP contribution < -0.4 is 15.5 Å². The van der Waals surface area contributed by atoms with Gasteiger partial charge < -0.3 is 15.5 Å². The number of nitrogens with zero attached hydrogens (tertiary/aromatic N) is 1. The van der Waals surface area contributed by atoms with Gasteiger partial charge in [0.2, 0.25) is 5.91 Å². The van der Waals surface area contributed by atoms with E-state index in [-0.39, 0.29) is 17.8 Å². The number of carbonyl (C=O) groups excluding carboxylic acids is 1. The van der Waals surface area contributed by atoms with Crippen molar-refractivity contribution in [2.45, 2.75) is 32.4 Å². The van der Waals surface area contributed by atoms with Gasteiger partial charge in [-0.25, -0.2) is 4.39 Å². The Kier molecular flexibility index (Phi) is 4.95. The van der Waals surface area contributed by atoms with Crippen LogP contribution in [0.4, 0.5) is 10.1 Å². The first-order valence-corrected chi connectivity index (χ1v) is 7.06. The monoisotopic (exact) mass is 279 g/mol. The van der Waals surface area contributed by atoms with Crippen molar-refractivity contribution < 1.29 is 9.18 Å². The quantitative estimate of drug-likeness (QED) is 0.881. The van der Waals surface area contributed by atoms with E-state index in [0.717, 1.165) is 31.6 Å². The van der Waals surface area contributed by atoms with E-state index in [9.17, 15) is 9.18 Å². The lowest BCUT2D eigenvalue weighted by molar-refractivity contribution is -0.119. The fourth-order valence-electron chi connectivity index (χ4n) is 2.75. The molecular weight excluding hydrogens is 257 g/mol. The fraction of sp³-hybridized carbons (Fsp3) is 0.533. The number of amides is 1. The zero-order chi connectivity index (χ0) is 14.5. The highest BCUT2D eigenvalue weighted by Gasteiger charge is 2.22. The van der Waals surface area contributed by atoms with Gasteiger partial charge in [0.15, 0.2) is 0 Å². The lowest BCUT2D eigenvalue weighted by Crippen LogP contribution is -2.44. The van der Waals surface area contributed by atoms with Gasteiger partial charge in [-0.05, 0) is 32.0 Å². The first-order chi connectivity index (χ1) is 9.61. The Morgan fingerprint density at radius 3 is 2.70 bits per heavy atom. The minimum Gasteiger partial charge on any atom is -0.371 e. The third-order valence-corrected chi connectivity index (χ3v) is 3.69. The summed E-state index contributed by atoms with van der Waals surface area (Å²) in [6.45, 7) is 3.74. The van der Waals surface area contributed by atoms with Crippen molar-refractivity contribution in [3.63, 3.8) is 0 Å². The lowest BCUT2D eigenvalue weighted by Gasteiger charge is -2.35. The van der Waals surface area contributed by atoms with E-state index in [0.29, 0.717) is 12.1 Å². The molecule has 110 valence electrons. The summed E-state index contributed by atoms with van der Waals surface area (Å²) >= 11 is 0. The summed E-state index contributed by atoms with van der Waals surface area (Å²) in [5, 5.41) is 5.97. The fourth-order valence-corrected chi connectivity index (χ4v) is 2.75. The molecule has 0 aliphatic carbocycles. The van der Waals surface area contributed by atoms with Gasteiger partial charge in [0.1, 0.15) is 5.82 Å². The van der Waals surface area contributed by atoms with E-state index in [1.807, 2.05) is 13.1 Å². The van der Waals surface area contributed by atoms with Crippen molar-refractivity contribution in [2.24, 2.45) is 0 Å². The zero-order valence-electron chi connectivity index (χ0n) is 12.1. The van der Waals surface area contributed by atoms with Crippen LogP contribution >= 0.6 is 0 Å². The normalized spacial score (nSPS) is 16.2. The third-order valence-electron chi connectivity index (χ3n) is 3.69.